The van der Waals surface area contributed by atoms with Crippen LogP contribution in [0.1, 0.15) is 51.3 Å². The summed E-state index contributed by atoms with van der Waals surface area (Å²) in [6.45, 7) is 7.24. The zero-order valence-corrected chi connectivity index (χ0v) is 23.4. The van der Waals surface area contributed by atoms with Gasteiger partial charge in [-0.25, -0.2) is 5.43 Å². The van der Waals surface area contributed by atoms with Crippen molar-refractivity contribution in [3.8, 4) is 5.69 Å². The highest BCUT2D eigenvalue weighted by molar-refractivity contribution is 6.30. The van der Waals surface area contributed by atoms with Gasteiger partial charge in [0.15, 0.2) is 0 Å². The van der Waals surface area contributed by atoms with Gasteiger partial charge in [-0.1, -0.05) is 54.1 Å². The summed E-state index contributed by atoms with van der Waals surface area (Å²) < 4.78 is 2.14. The molecule has 0 saturated carbocycles. The lowest BCUT2D eigenvalue weighted by molar-refractivity contribution is 0.0955. The van der Waals surface area contributed by atoms with E-state index in [1.807, 2.05) is 50.2 Å². The van der Waals surface area contributed by atoms with Crippen LogP contribution in [0.15, 0.2) is 90.0 Å². The van der Waals surface area contributed by atoms with Crippen LogP contribution in [0, 0.1) is 19.8 Å². The molecule has 200 valence electrons. The van der Waals surface area contributed by atoms with Crippen molar-refractivity contribution in [3.63, 3.8) is 0 Å². The summed E-state index contributed by atoms with van der Waals surface area (Å²) in [5, 5.41) is 4.93. The number of amides is 1. The third kappa shape index (κ3) is 6.86. The Morgan fingerprint density at radius 1 is 0.949 bits per heavy atom. The molecule has 0 unspecified atom stereocenters. The van der Waals surface area contributed by atoms with Crippen LogP contribution in [0.3, 0.4) is 0 Å². The Balaban J connectivity index is 1.11. The zero-order valence-electron chi connectivity index (χ0n) is 22.6. The average Bonchev–Trinajstić information content (AvgIpc) is 3.23. The van der Waals surface area contributed by atoms with Crippen LogP contribution in [0.2, 0.25) is 5.02 Å². The van der Waals surface area contributed by atoms with Crippen molar-refractivity contribution in [2.75, 3.05) is 13.1 Å². The van der Waals surface area contributed by atoms with E-state index in [0.29, 0.717) is 10.6 Å². The largest absolute Gasteiger partial charge is 0.318 e. The summed E-state index contributed by atoms with van der Waals surface area (Å²) >= 11 is 6.04. The Labute approximate surface area is 236 Å². The van der Waals surface area contributed by atoms with Gasteiger partial charge in [-0.05, 0) is 106 Å². The molecule has 1 aliphatic rings. The van der Waals surface area contributed by atoms with Crippen molar-refractivity contribution in [2.24, 2.45) is 11.0 Å². The van der Waals surface area contributed by atoms with Crippen LogP contribution in [0.25, 0.3) is 5.69 Å². The van der Waals surface area contributed by atoms with E-state index in [4.69, 9.17) is 11.6 Å². The highest BCUT2D eigenvalue weighted by Gasteiger charge is 2.19. The van der Waals surface area contributed by atoms with Gasteiger partial charge >= 0.3 is 0 Å². The SMILES string of the molecule is Cc1cc(/C=N\NC(=O)c2ccc(CN3CCC(Cc4ccccc4)CC3)cc2)c(C)n1-c1ccc(Cl)cc1. The topological polar surface area (TPSA) is 49.6 Å². The summed E-state index contributed by atoms with van der Waals surface area (Å²) in [7, 11) is 0. The fraction of sp³-hybridized carbons (Fsp3) is 0.273. The molecule has 1 saturated heterocycles. The molecular weight excluding hydrogens is 504 g/mol. The van der Waals surface area contributed by atoms with E-state index in [0.717, 1.165) is 48.2 Å². The molecule has 1 fully saturated rings. The van der Waals surface area contributed by atoms with Crippen molar-refractivity contribution < 1.29 is 4.79 Å². The van der Waals surface area contributed by atoms with E-state index in [2.05, 4.69) is 68.5 Å². The van der Waals surface area contributed by atoms with E-state index in [1.54, 1.807) is 6.21 Å². The lowest BCUT2D eigenvalue weighted by Gasteiger charge is -2.32. The molecule has 0 aliphatic carbocycles. The van der Waals surface area contributed by atoms with Gasteiger partial charge in [0.05, 0.1) is 6.21 Å². The van der Waals surface area contributed by atoms with E-state index in [1.165, 1.54) is 30.4 Å². The zero-order chi connectivity index (χ0) is 27.2. The smallest absolute Gasteiger partial charge is 0.271 e. The standard InChI is InChI=1S/C33H35ClN4O/c1-24-20-30(25(2)38(24)32-14-12-31(34)13-15-32)22-35-36-33(39)29-10-8-28(9-11-29)23-37-18-16-27(17-19-37)21-26-6-4-3-5-7-26/h3-15,20,22,27H,16-19,21,23H2,1-2H3,(H,36,39)/b35-22-. The molecule has 0 spiro atoms. The molecule has 6 heteroatoms. The number of nitrogens with zero attached hydrogens (tertiary/aromatic N) is 3. The first-order valence-electron chi connectivity index (χ1n) is 13.6. The molecule has 2 heterocycles. The van der Waals surface area contributed by atoms with Crippen LogP contribution >= 0.6 is 11.6 Å². The number of hydrazone groups is 1. The molecule has 3 aromatic carbocycles. The molecule has 1 N–H and O–H groups in total. The Morgan fingerprint density at radius 2 is 1.64 bits per heavy atom. The number of piperidine rings is 1. The second-order valence-corrected chi connectivity index (χ2v) is 10.9. The Hall–Kier alpha value is -3.67. The van der Waals surface area contributed by atoms with Gasteiger partial charge in [-0.3, -0.25) is 9.69 Å². The van der Waals surface area contributed by atoms with Crippen molar-refractivity contribution in [3.05, 3.63) is 124 Å². The molecule has 39 heavy (non-hydrogen) atoms. The van der Waals surface area contributed by atoms with Gasteiger partial charge < -0.3 is 4.57 Å². The molecular formula is C33H35ClN4O. The number of carbonyl (C=O) groups excluding carboxylic acids is 1. The number of likely N-dealkylation sites (tertiary alicyclic amines) is 1. The van der Waals surface area contributed by atoms with E-state index in [-0.39, 0.29) is 5.91 Å². The minimum atomic E-state index is -0.217. The first-order chi connectivity index (χ1) is 19.0. The summed E-state index contributed by atoms with van der Waals surface area (Å²) in [5.41, 5.74) is 10.1. The summed E-state index contributed by atoms with van der Waals surface area (Å²) in [5.74, 6) is 0.546. The van der Waals surface area contributed by atoms with Crippen LogP contribution in [-0.4, -0.2) is 34.7 Å². The predicted molar refractivity (Wildman–Crippen MR) is 160 cm³/mol. The van der Waals surface area contributed by atoms with E-state index in [9.17, 15) is 4.79 Å². The molecule has 5 rings (SSSR count). The first-order valence-corrected chi connectivity index (χ1v) is 14.0. The highest BCUT2D eigenvalue weighted by Crippen LogP contribution is 2.23. The average molecular weight is 539 g/mol. The van der Waals surface area contributed by atoms with Crippen LogP contribution in [0.4, 0.5) is 0 Å². The Bertz CT molecular complexity index is 1420. The van der Waals surface area contributed by atoms with Crippen molar-refractivity contribution in [1.82, 2.24) is 14.9 Å². The third-order valence-electron chi connectivity index (χ3n) is 7.62. The van der Waals surface area contributed by atoms with Crippen molar-refractivity contribution >= 4 is 23.7 Å². The number of aryl methyl sites for hydroxylation is 1. The van der Waals surface area contributed by atoms with Crippen molar-refractivity contribution in [2.45, 2.75) is 39.7 Å². The lowest BCUT2D eigenvalue weighted by atomic mass is 9.90. The number of carbonyl (C=O) groups is 1. The normalized spacial score (nSPS) is 14.6. The molecule has 1 amide bonds. The summed E-state index contributed by atoms with van der Waals surface area (Å²) in [6, 6.07) is 28.5. The molecule has 1 aliphatic heterocycles. The molecule has 5 nitrogen and oxygen atoms in total. The number of hydrogen-bond acceptors (Lipinski definition) is 3. The maximum absolute atomic E-state index is 12.7. The first kappa shape index (κ1) is 26.9. The van der Waals surface area contributed by atoms with E-state index >= 15 is 0 Å². The lowest BCUT2D eigenvalue weighted by Crippen LogP contribution is -2.33. The van der Waals surface area contributed by atoms with Crippen molar-refractivity contribution in [1.29, 1.82) is 0 Å². The molecule has 4 aromatic rings. The fourth-order valence-electron chi connectivity index (χ4n) is 5.45. The number of halogens is 1. The predicted octanol–water partition coefficient (Wildman–Crippen LogP) is 6.97. The monoisotopic (exact) mass is 538 g/mol. The Kier molecular flexibility index (Phi) is 8.60. The highest BCUT2D eigenvalue weighted by atomic mass is 35.5. The van der Waals surface area contributed by atoms with Gasteiger partial charge in [0, 0.05) is 39.8 Å². The van der Waals surface area contributed by atoms with Gasteiger partial charge in [0.2, 0.25) is 0 Å². The number of hydrogen-bond donors (Lipinski definition) is 1. The minimum Gasteiger partial charge on any atom is -0.318 e. The van der Waals surface area contributed by atoms with Gasteiger partial charge in [-0.15, -0.1) is 0 Å². The molecule has 0 radical (unpaired) electrons. The van der Waals surface area contributed by atoms with E-state index < -0.39 is 0 Å². The fourth-order valence-corrected chi connectivity index (χ4v) is 5.57. The molecule has 0 bridgehead atoms. The second-order valence-electron chi connectivity index (χ2n) is 10.4. The maximum Gasteiger partial charge on any atom is 0.271 e. The maximum atomic E-state index is 12.7. The molecule has 1 aromatic heterocycles. The number of nitrogens with one attached hydrogen (secondary N) is 1. The van der Waals surface area contributed by atoms with Crippen LogP contribution in [-0.2, 0) is 13.0 Å². The van der Waals surface area contributed by atoms with Gasteiger partial charge in [-0.2, -0.15) is 5.10 Å². The second kappa shape index (κ2) is 12.5. The van der Waals surface area contributed by atoms with Crippen LogP contribution < -0.4 is 5.43 Å². The molecule has 0 atom stereocenters. The number of benzene rings is 3. The summed E-state index contributed by atoms with van der Waals surface area (Å²) in [4.78, 5) is 15.2. The quantitative estimate of drug-likeness (QED) is 0.194. The third-order valence-corrected chi connectivity index (χ3v) is 7.87. The van der Waals surface area contributed by atoms with Gasteiger partial charge in [0.1, 0.15) is 0 Å². The minimum absolute atomic E-state index is 0.217. The van der Waals surface area contributed by atoms with Crippen LogP contribution in [0.5, 0.6) is 0 Å². The Morgan fingerprint density at radius 3 is 2.33 bits per heavy atom. The summed E-state index contributed by atoms with van der Waals surface area (Å²) in [6.07, 6.45) is 5.34. The number of rotatable bonds is 8. The van der Waals surface area contributed by atoms with Gasteiger partial charge in [0.25, 0.3) is 5.91 Å². The number of aromatic nitrogens is 1.